The van der Waals surface area contributed by atoms with Gasteiger partial charge in [0.2, 0.25) is 5.91 Å². The molecule has 1 amide bonds. The molecule has 1 fully saturated rings. The topological polar surface area (TPSA) is 85.3 Å². The number of nitrogens with zero attached hydrogens (tertiary/aromatic N) is 1. The number of ether oxygens (including phenoxy) is 3. The Kier molecular flexibility index (Phi) is 6.94. The van der Waals surface area contributed by atoms with Crippen molar-refractivity contribution in [1.29, 1.82) is 0 Å². The van der Waals surface area contributed by atoms with Crippen LogP contribution in [0.15, 0.2) is 48.5 Å². The van der Waals surface area contributed by atoms with Crippen LogP contribution in [0.5, 0.6) is 17.2 Å². The normalized spacial score (nSPS) is 16.0. The Balaban J connectivity index is 1.40. The fraction of sp³-hybridized carbons (Fsp3) is 0.364. The molecule has 7 nitrogen and oxygen atoms in total. The zero-order chi connectivity index (χ0) is 20.6. The summed E-state index contributed by atoms with van der Waals surface area (Å²) in [6.45, 7) is 1.61. The molecule has 29 heavy (non-hydrogen) atoms. The number of methoxy groups -OCH3 is 1. The molecule has 1 heterocycles. The molecule has 0 radical (unpaired) electrons. The second-order valence-electron chi connectivity index (χ2n) is 6.82. The first-order valence-corrected chi connectivity index (χ1v) is 9.55. The van der Waals surface area contributed by atoms with E-state index in [4.69, 9.17) is 19.3 Å². The minimum absolute atomic E-state index is 0.0904. The summed E-state index contributed by atoms with van der Waals surface area (Å²) in [6, 6.07) is 15.1. The maximum atomic E-state index is 11.9. The van der Waals surface area contributed by atoms with Crippen LogP contribution >= 0.6 is 0 Å². The summed E-state index contributed by atoms with van der Waals surface area (Å²) in [6.07, 6.45) is 0.772. The highest BCUT2D eigenvalue weighted by Crippen LogP contribution is 2.25. The number of hydrogen-bond donors (Lipinski definition) is 1. The van der Waals surface area contributed by atoms with E-state index >= 15 is 0 Å². The predicted molar refractivity (Wildman–Crippen MR) is 106 cm³/mol. The number of carbonyl (C=O) groups is 2. The fourth-order valence-electron chi connectivity index (χ4n) is 3.22. The molecule has 2 aromatic carbocycles. The monoisotopic (exact) mass is 399 g/mol. The van der Waals surface area contributed by atoms with Crippen molar-refractivity contribution < 1.29 is 28.9 Å². The molecule has 3 rings (SSSR count). The Morgan fingerprint density at radius 1 is 1.07 bits per heavy atom. The van der Waals surface area contributed by atoms with Crippen LogP contribution in [-0.2, 0) is 16.0 Å². The van der Waals surface area contributed by atoms with Gasteiger partial charge >= 0.3 is 5.97 Å². The molecule has 1 N–H and O–H groups in total. The van der Waals surface area contributed by atoms with Gasteiger partial charge in [-0.1, -0.05) is 24.3 Å². The second kappa shape index (κ2) is 9.82. The number of carboxylic acid groups (broad SMARTS) is 1. The number of amides is 1. The molecule has 2 aromatic rings. The smallest absolute Gasteiger partial charge is 0.308 e. The number of aliphatic carboxylic acids is 1. The molecular formula is C22H25NO6. The molecule has 154 valence electrons. The van der Waals surface area contributed by atoms with E-state index in [2.05, 4.69) is 0 Å². The maximum absolute atomic E-state index is 11.9. The molecule has 1 aliphatic heterocycles. The lowest BCUT2D eigenvalue weighted by molar-refractivity contribution is -0.141. The summed E-state index contributed by atoms with van der Waals surface area (Å²) in [4.78, 5) is 24.5. The van der Waals surface area contributed by atoms with Crippen LogP contribution in [0.3, 0.4) is 0 Å². The van der Waals surface area contributed by atoms with Crippen LogP contribution in [-0.4, -0.2) is 55.3 Å². The first-order chi connectivity index (χ1) is 14.1. The number of carboxylic acids is 1. The van der Waals surface area contributed by atoms with Crippen molar-refractivity contribution in [3.05, 3.63) is 54.1 Å². The average Bonchev–Trinajstić information content (AvgIpc) is 3.12. The zero-order valence-electron chi connectivity index (χ0n) is 16.4. The van der Waals surface area contributed by atoms with Crippen LogP contribution in [0.1, 0.15) is 12.0 Å². The summed E-state index contributed by atoms with van der Waals surface area (Å²) < 4.78 is 16.6. The third-order valence-corrected chi connectivity index (χ3v) is 4.84. The lowest BCUT2D eigenvalue weighted by Gasteiger charge is -2.16. The average molecular weight is 399 g/mol. The van der Waals surface area contributed by atoms with Gasteiger partial charge in [0.1, 0.15) is 19.0 Å². The summed E-state index contributed by atoms with van der Waals surface area (Å²) in [5, 5.41) is 9.04. The highest BCUT2D eigenvalue weighted by atomic mass is 16.5. The zero-order valence-corrected chi connectivity index (χ0v) is 16.4. The van der Waals surface area contributed by atoms with Crippen molar-refractivity contribution in [3.8, 4) is 17.2 Å². The maximum Gasteiger partial charge on any atom is 0.308 e. The van der Waals surface area contributed by atoms with E-state index in [1.165, 1.54) is 0 Å². The first-order valence-electron chi connectivity index (χ1n) is 9.55. The Labute approximate surface area is 169 Å². The van der Waals surface area contributed by atoms with Crippen molar-refractivity contribution in [2.24, 2.45) is 5.92 Å². The number of likely N-dealkylation sites (tertiary alicyclic amines) is 1. The van der Waals surface area contributed by atoms with Gasteiger partial charge in [0, 0.05) is 19.5 Å². The Bertz CT molecular complexity index is 835. The van der Waals surface area contributed by atoms with Crippen molar-refractivity contribution in [2.75, 3.05) is 33.4 Å². The molecule has 0 saturated carbocycles. The van der Waals surface area contributed by atoms with Crippen LogP contribution in [0, 0.1) is 5.92 Å². The highest BCUT2D eigenvalue weighted by Gasteiger charge is 2.33. The number of para-hydroxylation sites is 2. The molecule has 0 bridgehead atoms. The van der Waals surface area contributed by atoms with Gasteiger partial charge in [0.05, 0.1) is 13.0 Å². The highest BCUT2D eigenvalue weighted by molar-refractivity contribution is 5.86. The van der Waals surface area contributed by atoms with Crippen molar-refractivity contribution in [1.82, 2.24) is 4.90 Å². The van der Waals surface area contributed by atoms with Crippen LogP contribution < -0.4 is 14.2 Å². The summed E-state index contributed by atoms with van der Waals surface area (Å²) in [5.74, 6) is 0.514. The molecular weight excluding hydrogens is 374 g/mol. The summed E-state index contributed by atoms with van der Waals surface area (Å²) in [5.41, 5.74) is 1.06. The van der Waals surface area contributed by atoms with Crippen molar-refractivity contribution >= 4 is 11.9 Å². The van der Waals surface area contributed by atoms with Gasteiger partial charge in [-0.3, -0.25) is 9.59 Å². The van der Waals surface area contributed by atoms with Gasteiger partial charge < -0.3 is 24.2 Å². The number of benzene rings is 2. The fourth-order valence-corrected chi connectivity index (χ4v) is 3.22. The molecule has 1 atom stereocenters. The standard InChI is InChI=1S/C22H25NO6/c1-27-19-4-2-3-5-20(19)29-13-12-28-18-8-6-16(7-9-18)10-11-23-15-17(22(25)26)14-21(23)24/h2-9,17H,10-15H2,1H3,(H,25,26). The minimum Gasteiger partial charge on any atom is -0.493 e. The van der Waals surface area contributed by atoms with Crippen molar-refractivity contribution in [3.63, 3.8) is 0 Å². The number of carbonyl (C=O) groups excluding carboxylic acids is 1. The molecule has 1 saturated heterocycles. The van der Waals surface area contributed by atoms with E-state index in [0.717, 1.165) is 11.3 Å². The summed E-state index contributed by atoms with van der Waals surface area (Å²) in [7, 11) is 1.60. The Morgan fingerprint density at radius 3 is 2.41 bits per heavy atom. The van der Waals surface area contributed by atoms with Gasteiger partial charge in [-0.05, 0) is 36.2 Å². The SMILES string of the molecule is COc1ccccc1OCCOc1ccc(CCN2CC(C(=O)O)CC2=O)cc1. The lowest BCUT2D eigenvalue weighted by Crippen LogP contribution is -2.28. The van der Waals surface area contributed by atoms with E-state index in [1.54, 1.807) is 12.0 Å². The molecule has 0 spiro atoms. The quantitative estimate of drug-likeness (QED) is 0.618. The van der Waals surface area contributed by atoms with E-state index in [-0.39, 0.29) is 12.3 Å². The van der Waals surface area contributed by atoms with Gasteiger partial charge in [0.15, 0.2) is 11.5 Å². The van der Waals surface area contributed by atoms with Gasteiger partial charge in [0.25, 0.3) is 0 Å². The minimum atomic E-state index is -0.906. The lowest BCUT2D eigenvalue weighted by atomic mass is 10.1. The van der Waals surface area contributed by atoms with Crippen LogP contribution in [0.25, 0.3) is 0 Å². The van der Waals surface area contributed by atoms with Crippen LogP contribution in [0.2, 0.25) is 0 Å². The van der Waals surface area contributed by atoms with Gasteiger partial charge in [-0.15, -0.1) is 0 Å². The third kappa shape index (κ3) is 5.63. The second-order valence-corrected chi connectivity index (χ2v) is 6.82. The predicted octanol–water partition coefficient (Wildman–Crippen LogP) is 2.63. The third-order valence-electron chi connectivity index (χ3n) is 4.84. The van der Waals surface area contributed by atoms with Gasteiger partial charge in [-0.2, -0.15) is 0 Å². The number of rotatable bonds is 10. The van der Waals surface area contributed by atoms with E-state index < -0.39 is 11.9 Å². The van der Waals surface area contributed by atoms with Gasteiger partial charge in [-0.25, -0.2) is 0 Å². The Morgan fingerprint density at radius 2 is 1.76 bits per heavy atom. The van der Waals surface area contributed by atoms with E-state index in [0.29, 0.717) is 44.2 Å². The first kappa shape index (κ1) is 20.5. The molecule has 0 aromatic heterocycles. The van der Waals surface area contributed by atoms with E-state index in [1.807, 2.05) is 48.5 Å². The number of hydrogen-bond acceptors (Lipinski definition) is 5. The largest absolute Gasteiger partial charge is 0.493 e. The molecule has 1 unspecified atom stereocenters. The van der Waals surface area contributed by atoms with E-state index in [9.17, 15) is 9.59 Å². The molecule has 1 aliphatic rings. The van der Waals surface area contributed by atoms with Crippen molar-refractivity contribution in [2.45, 2.75) is 12.8 Å². The summed E-state index contributed by atoms with van der Waals surface area (Å²) >= 11 is 0. The Hall–Kier alpha value is -3.22. The molecule has 7 heteroatoms. The molecule has 0 aliphatic carbocycles. The van der Waals surface area contributed by atoms with Crippen LogP contribution in [0.4, 0.5) is 0 Å².